The molecule has 4 heteroatoms. The summed E-state index contributed by atoms with van der Waals surface area (Å²) >= 11 is 0. The molecule has 0 radical (unpaired) electrons. The lowest BCUT2D eigenvalue weighted by atomic mass is 10.0. The molecule has 0 aliphatic carbocycles. The smallest absolute Gasteiger partial charge is 0.169 e. The highest BCUT2D eigenvalue weighted by molar-refractivity contribution is 5.58. The maximum Gasteiger partial charge on any atom is 0.169 e. The SMILES string of the molecule is CCCN(CCC)c1nnc(CC)c(CC)c1C#N. The van der Waals surface area contributed by atoms with Crippen LogP contribution < -0.4 is 4.90 Å². The number of anilines is 1. The number of nitriles is 1. The van der Waals surface area contributed by atoms with Crippen LogP contribution in [0.4, 0.5) is 5.82 Å². The molecule has 0 fully saturated rings. The minimum Gasteiger partial charge on any atom is -0.354 e. The van der Waals surface area contributed by atoms with Gasteiger partial charge in [0.05, 0.1) is 5.69 Å². The van der Waals surface area contributed by atoms with E-state index in [1.165, 1.54) is 0 Å². The second-order valence-corrected chi connectivity index (χ2v) is 4.63. The van der Waals surface area contributed by atoms with Gasteiger partial charge in [-0.25, -0.2) is 0 Å². The first-order chi connectivity index (χ1) is 9.23. The summed E-state index contributed by atoms with van der Waals surface area (Å²) in [5.74, 6) is 0.764. The summed E-state index contributed by atoms with van der Waals surface area (Å²) in [6.45, 7) is 10.3. The monoisotopic (exact) mass is 260 g/mol. The average molecular weight is 260 g/mol. The Bertz CT molecular complexity index is 442. The Labute approximate surface area is 116 Å². The van der Waals surface area contributed by atoms with E-state index in [1.54, 1.807) is 0 Å². The fourth-order valence-electron chi connectivity index (χ4n) is 2.36. The van der Waals surface area contributed by atoms with E-state index in [9.17, 15) is 5.26 Å². The molecule has 1 aromatic heterocycles. The lowest BCUT2D eigenvalue weighted by molar-refractivity contribution is 0.717. The first kappa shape index (κ1) is 15.4. The van der Waals surface area contributed by atoms with Gasteiger partial charge in [0.2, 0.25) is 0 Å². The molecular formula is C15H24N4. The van der Waals surface area contributed by atoms with Gasteiger partial charge < -0.3 is 4.90 Å². The maximum absolute atomic E-state index is 9.49. The lowest BCUT2D eigenvalue weighted by Crippen LogP contribution is -2.28. The van der Waals surface area contributed by atoms with Crippen molar-refractivity contribution in [1.82, 2.24) is 10.2 Å². The number of hydrogen-bond donors (Lipinski definition) is 0. The summed E-state index contributed by atoms with van der Waals surface area (Å²) in [6.07, 6.45) is 3.75. The van der Waals surface area contributed by atoms with Crippen molar-refractivity contribution in [3.8, 4) is 6.07 Å². The second-order valence-electron chi connectivity index (χ2n) is 4.63. The highest BCUT2D eigenvalue weighted by atomic mass is 15.3. The third-order valence-corrected chi connectivity index (χ3v) is 3.23. The average Bonchev–Trinajstić information content (AvgIpc) is 2.45. The molecule has 4 nitrogen and oxygen atoms in total. The first-order valence-corrected chi connectivity index (χ1v) is 7.26. The molecular weight excluding hydrogens is 236 g/mol. The molecule has 0 unspecified atom stereocenters. The van der Waals surface area contributed by atoms with Crippen molar-refractivity contribution >= 4 is 5.82 Å². The topological polar surface area (TPSA) is 52.8 Å². The summed E-state index contributed by atoms with van der Waals surface area (Å²) in [5, 5.41) is 18.1. The normalized spacial score (nSPS) is 10.3. The molecule has 0 N–H and O–H groups in total. The summed E-state index contributed by atoms with van der Waals surface area (Å²) in [5.41, 5.74) is 2.74. The number of aryl methyl sites for hydroxylation is 1. The zero-order valence-corrected chi connectivity index (χ0v) is 12.5. The van der Waals surface area contributed by atoms with E-state index in [2.05, 4.69) is 48.9 Å². The van der Waals surface area contributed by atoms with Gasteiger partial charge in [-0.3, -0.25) is 0 Å². The zero-order chi connectivity index (χ0) is 14.3. The molecule has 0 saturated heterocycles. The highest BCUT2D eigenvalue weighted by Crippen LogP contribution is 2.23. The summed E-state index contributed by atoms with van der Waals surface area (Å²) < 4.78 is 0. The predicted octanol–water partition coefficient (Wildman–Crippen LogP) is 3.10. The summed E-state index contributed by atoms with van der Waals surface area (Å²) in [7, 11) is 0. The number of aromatic nitrogens is 2. The fourth-order valence-corrected chi connectivity index (χ4v) is 2.36. The van der Waals surface area contributed by atoms with Crippen LogP contribution in [0.2, 0.25) is 0 Å². The van der Waals surface area contributed by atoms with Crippen molar-refractivity contribution in [1.29, 1.82) is 5.26 Å². The molecule has 0 spiro atoms. The van der Waals surface area contributed by atoms with Crippen LogP contribution in [0.5, 0.6) is 0 Å². The number of nitrogens with zero attached hydrogens (tertiary/aromatic N) is 4. The van der Waals surface area contributed by atoms with E-state index in [1.807, 2.05) is 0 Å². The number of hydrogen-bond acceptors (Lipinski definition) is 4. The Morgan fingerprint density at radius 1 is 1.00 bits per heavy atom. The van der Waals surface area contributed by atoms with Crippen molar-refractivity contribution in [2.24, 2.45) is 0 Å². The molecule has 1 heterocycles. The van der Waals surface area contributed by atoms with Gasteiger partial charge in [0.1, 0.15) is 11.6 Å². The maximum atomic E-state index is 9.49. The van der Waals surface area contributed by atoms with Gasteiger partial charge in [0.15, 0.2) is 5.82 Å². The van der Waals surface area contributed by atoms with Crippen molar-refractivity contribution < 1.29 is 0 Å². The fraction of sp³-hybridized carbons (Fsp3) is 0.667. The zero-order valence-electron chi connectivity index (χ0n) is 12.5. The molecule has 1 aromatic rings. The van der Waals surface area contributed by atoms with Gasteiger partial charge in [0, 0.05) is 13.1 Å². The predicted molar refractivity (Wildman–Crippen MR) is 78.3 cm³/mol. The third-order valence-electron chi connectivity index (χ3n) is 3.23. The molecule has 0 aliphatic heterocycles. The lowest BCUT2D eigenvalue weighted by Gasteiger charge is -2.24. The van der Waals surface area contributed by atoms with Crippen molar-refractivity contribution in [2.75, 3.05) is 18.0 Å². The van der Waals surface area contributed by atoms with Gasteiger partial charge in [-0.2, -0.15) is 10.4 Å². The summed E-state index contributed by atoms with van der Waals surface area (Å²) in [4.78, 5) is 2.18. The molecule has 0 saturated carbocycles. The minimum absolute atomic E-state index is 0.719. The quantitative estimate of drug-likeness (QED) is 0.756. The van der Waals surface area contributed by atoms with Crippen LogP contribution >= 0.6 is 0 Å². The Kier molecular flexibility index (Phi) is 6.27. The standard InChI is InChI=1S/C15H24N4/c1-5-9-19(10-6-2)15-13(11-16)12(7-3)14(8-4)17-18-15/h5-10H2,1-4H3. The first-order valence-electron chi connectivity index (χ1n) is 7.26. The van der Waals surface area contributed by atoms with Gasteiger partial charge in [0.25, 0.3) is 0 Å². The molecule has 104 valence electrons. The summed E-state index contributed by atoms with van der Waals surface area (Å²) in [6, 6.07) is 2.34. The van der Waals surface area contributed by atoms with Crippen LogP contribution in [0.15, 0.2) is 0 Å². The van der Waals surface area contributed by atoms with Crippen LogP contribution in [0.25, 0.3) is 0 Å². The third kappa shape index (κ3) is 3.44. The molecule has 0 aromatic carbocycles. The largest absolute Gasteiger partial charge is 0.354 e. The van der Waals surface area contributed by atoms with Crippen LogP contribution in [0.1, 0.15) is 57.4 Å². The highest BCUT2D eigenvalue weighted by Gasteiger charge is 2.18. The molecule has 0 atom stereocenters. The molecule has 1 rings (SSSR count). The Balaban J connectivity index is 3.30. The van der Waals surface area contributed by atoms with Crippen molar-refractivity contribution in [3.63, 3.8) is 0 Å². The van der Waals surface area contributed by atoms with Crippen LogP contribution in [-0.2, 0) is 12.8 Å². The molecule has 0 aliphatic rings. The minimum atomic E-state index is 0.719. The molecule has 0 amide bonds. The Morgan fingerprint density at radius 2 is 1.63 bits per heavy atom. The van der Waals surface area contributed by atoms with E-state index in [-0.39, 0.29) is 0 Å². The van der Waals surface area contributed by atoms with Crippen molar-refractivity contribution in [3.05, 3.63) is 16.8 Å². The van der Waals surface area contributed by atoms with Crippen LogP contribution in [0, 0.1) is 11.3 Å². The Hall–Kier alpha value is -1.63. The Morgan fingerprint density at radius 3 is 2.05 bits per heavy atom. The van der Waals surface area contributed by atoms with E-state index in [4.69, 9.17) is 0 Å². The van der Waals surface area contributed by atoms with Crippen LogP contribution in [-0.4, -0.2) is 23.3 Å². The van der Waals surface area contributed by atoms with Gasteiger partial charge in [-0.05, 0) is 31.2 Å². The van der Waals surface area contributed by atoms with Gasteiger partial charge >= 0.3 is 0 Å². The van der Waals surface area contributed by atoms with E-state index < -0.39 is 0 Å². The van der Waals surface area contributed by atoms with Gasteiger partial charge in [-0.1, -0.05) is 27.7 Å². The van der Waals surface area contributed by atoms with Crippen LogP contribution in [0.3, 0.4) is 0 Å². The van der Waals surface area contributed by atoms with Gasteiger partial charge in [-0.15, -0.1) is 5.10 Å². The molecule has 19 heavy (non-hydrogen) atoms. The van der Waals surface area contributed by atoms with E-state index in [0.717, 1.165) is 61.4 Å². The second kappa shape index (κ2) is 7.73. The number of rotatable bonds is 7. The van der Waals surface area contributed by atoms with Crippen molar-refractivity contribution in [2.45, 2.75) is 53.4 Å². The van der Waals surface area contributed by atoms with E-state index in [0.29, 0.717) is 0 Å². The van der Waals surface area contributed by atoms with E-state index >= 15 is 0 Å². The molecule has 0 bridgehead atoms.